The van der Waals surface area contributed by atoms with Gasteiger partial charge >= 0.3 is 14.8 Å². The first kappa shape index (κ1) is 19.4. The first-order valence-corrected chi connectivity index (χ1v) is 10.5. The molecule has 130 valence electrons. The summed E-state index contributed by atoms with van der Waals surface area (Å²) < 4.78 is 18.2. The van der Waals surface area contributed by atoms with E-state index in [1.54, 1.807) is 0 Å². The number of carbonyl (C=O) groups is 1. The summed E-state index contributed by atoms with van der Waals surface area (Å²) >= 11 is 0. The van der Waals surface area contributed by atoms with Crippen molar-refractivity contribution in [3.8, 4) is 0 Å². The van der Waals surface area contributed by atoms with Crippen molar-refractivity contribution in [3.63, 3.8) is 0 Å². The van der Waals surface area contributed by atoms with Crippen LogP contribution in [0.3, 0.4) is 0 Å². The summed E-state index contributed by atoms with van der Waals surface area (Å²) in [5.74, 6) is 0. The van der Waals surface area contributed by atoms with Crippen molar-refractivity contribution in [1.29, 1.82) is 0 Å². The van der Waals surface area contributed by atoms with Gasteiger partial charge in [-0.3, -0.25) is 0 Å². The second-order valence-corrected chi connectivity index (χ2v) is 8.28. The molecule has 22 heavy (non-hydrogen) atoms. The fraction of sp³-hybridized carbons (Fsp3) is 0.933. The van der Waals surface area contributed by atoms with E-state index in [1.165, 1.54) is 0 Å². The maximum Gasteiger partial charge on any atom is 0.501 e. The summed E-state index contributed by atoms with van der Waals surface area (Å²) in [5.41, 5.74) is 0. The van der Waals surface area contributed by atoms with Crippen LogP contribution in [0.2, 0.25) is 6.04 Å². The highest BCUT2D eigenvalue weighted by molar-refractivity contribution is 6.60. The quantitative estimate of drug-likeness (QED) is 0.527. The molecule has 1 heterocycles. The second-order valence-electron chi connectivity index (χ2n) is 5.55. The van der Waals surface area contributed by atoms with Crippen LogP contribution in [-0.4, -0.2) is 59.2 Å². The largest absolute Gasteiger partial charge is 0.501 e. The fourth-order valence-corrected chi connectivity index (χ4v) is 5.14. The van der Waals surface area contributed by atoms with Gasteiger partial charge in [0.05, 0.1) is 0 Å². The van der Waals surface area contributed by atoms with Gasteiger partial charge in [0.2, 0.25) is 0 Å². The maximum absolute atomic E-state index is 11.6. The average molecular weight is 333 g/mol. The van der Waals surface area contributed by atoms with E-state index in [0.29, 0.717) is 19.8 Å². The van der Waals surface area contributed by atoms with Crippen molar-refractivity contribution in [2.24, 2.45) is 0 Å². The van der Waals surface area contributed by atoms with Crippen LogP contribution < -0.4 is 5.32 Å². The molecule has 0 aromatic heterocycles. The molecule has 6 nitrogen and oxygen atoms in total. The lowest BCUT2D eigenvalue weighted by molar-refractivity contribution is 0.0583. The van der Waals surface area contributed by atoms with Crippen LogP contribution in [0.25, 0.3) is 0 Å². The van der Waals surface area contributed by atoms with E-state index in [-0.39, 0.29) is 6.03 Å². The lowest BCUT2D eigenvalue weighted by Crippen LogP contribution is -2.47. The Bertz CT molecular complexity index is 296. The molecule has 0 saturated carbocycles. The third-order valence-electron chi connectivity index (χ3n) is 3.43. The molecule has 7 heteroatoms. The van der Waals surface area contributed by atoms with Gasteiger partial charge in [-0.1, -0.05) is 20.8 Å². The summed E-state index contributed by atoms with van der Waals surface area (Å²) in [5, 5.41) is 2.82. The predicted molar refractivity (Wildman–Crippen MR) is 88.9 cm³/mol. The Kier molecular flexibility index (Phi) is 9.70. The predicted octanol–water partition coefficient (Wildman–Crippen LogP) is 2.62. The van der Waals surface area contributed by atoms with E-state index in [1.807, 2.05) is 4.90 Å². The van der Waals surface area contributed by atoms with Crippen LogP contribution in [0.15, 0.2) is 0 Å². The number of carbonyl (C=O) groups excluding carboxylic acids is 1. The zero-order valence-corrected chi connectivity index (χ0v) is 15.4. The van der Waals surface area contributed by atoms with Gasteiger partial charge in [-0.15, -0.1) is 0 Å². The lowest BCUT2D eigenvalue weighted by Gasteiger charge is -2.30. The van der Waals surface area contributed by atoms with E-state index >= 15 is 0 Å². The van der Waals surface area contributed by atoms with Gasteiger partial charge in [-0.25, -0.2) is 4.79 Å². The molecule has 1 rings (SSSR count). The van der Waals surface area contributed by atoms with Crippen LogP contribution >= 0.6 is 0 Å². The van der Waals surface area contributed by atoms with Crippen LogP contribution in [0, 0.1) is 0 Å². The molecule has 1 aliphatic heterocycles. The first-order valence-electron chi connectivity index (χ1n) is 8.62. The van der Waals surface area contributed by atoms with Gasteiger partial charge in [-0.2, -0.15) is 0 Å². The zero-order chi connectivity index (χ0) is 16.3. The molecule has 0 radical (unpaired) electrons. The lowest BCUT2D eigenvalue weighted by atomic mass is 10.4. The minimum absolute atomic E-state index is 0.0331. The fourth-order valence-electron chi connectivity index (χ4n) is 2.33. The highest BCUT2D eigenvalue weighted by Crippen LogP contribution is 2.20. The number of hydrogen-bond acceptors (Lipinski definition) is 4. The van der Waals surface area contributed by atoms with E-state index in [4.69, 9.17) is 13.3 Å². The molecule has 0 bridgehead atoms. The van der Waals surface area contributed by atoms with Gasteiger partial charge < -0.3 is 23.5 Å². The van der Waals surface area contributed by atoms with Crippen molar-refractivity contribution < 1.29 is 18.1 Å². The molecule has 0 aliphatic carbocycles. The monoisotopic (exact) mass is 332 g/mol. The van der Waals surface area contributed by atoms with Crippen molar-refractivity contribution in [2.45, 2.75) is 52.5 Å². The summed E-state index contributed by atoms with van der Waals surface area (Å²) in [7, 11) is -2.61. The molecule has 0 unspecified atom stereocenters. The van der Waals surface area contributed by atoms with Gasteiger partial charge in [0, 0.05) is 45.5 Å². The van der Waals surface area contributed by atoms with Crippen LogP contribution in [0.1, 0.15) is 46.5 Å². The Balaban J connectivity index is 2.53. The third kappa shape index (κ3) is 6.64. The zero-order valence-electron chi connectivity index (χ0n) is 14.4. The highest BCUT2D eigenvalue weighted by atomic mass is 28.4. The molecular weight excluding hydrogens is 300 g/mol. The molecule has 1 aliphatic rings. The van der Waals surface area contributed by atoms with E-state index in [9.17, 15) is 4.79 Å². The molecule has 0 atom stereocenters. The Hall–Kier alpha value is -0.633. The average Bonchev–Trinajstić information content (AvgIpc) is 2.93. The Labute approximate surface area is 135 Å². The number of urea groups is 1. The Morgan fingerprint density at radius 1 is 1.05 bits per heavy atom. The number of nitrogens with one attached hydrogen (secondary N) is 1. The highest BCUT2D eigenvalue weighted by Gasteiger charge is 2.40. The molecule has 0 spiro atoms. The van der Waals surface area contributed by atoms with Crippen LogP contribution in [0.5, 0.6) is 0 Å². The van der Waals surface area contributed by atoms with Gasteiger partial charge in [-0.05, 0) is 25.7 Å². The molecule has 1 fully saturated rings. The Morgan fingerprint density at radius 2 is 1.59 bits per heavy atom. The van der Waals surface area contributed by atoms with Crippen molar-refractivity contribution in [1.82, 2.24) is 10.2 Å². The summed E-state index contributed by atoms with van der Waals surface area (Å²) in [6.45, 7) is 10.5. The maximum atomic E-state index is 11.6. The molecule has 1 saturated heterocycles. The van der Waals surface area contributed by atoms with Crippen LogP contribution in [-0.2, 0) is 13.3 Å². The van der Waals surface area contributed by atoms with Crippen molar-refractivity contribution in [3.05, 3.63) is 0 Å². The topological polar surface area (TPSA) is 60.0 Å². The molecule has 2 amide bonds. The number of nitrogens with zero attached hydrogens (tertiary/aromatic N) is 1. The van der Waals surface area contributed by atoms with E-state index in [2.05, 4.69) is 26.1 Å². The number of rotatable bonds is 13. The van der Waals surface area contributed by atoms with Crippen molar-refractivity contribution >= 4 is 14.8 Å². The molecule has 0 aromatic carbocycles. The SMILES string of the molecule is CCCO[Si](CCCN1CCNC1=O)(OCCC)OCCC. The summed E-state index contributed by atoms with van der Waals surface area (Å²) in [6.07, 6.45) is 3.72. The standard InChI is InChI=1S/C15H32N2O4Si/c1-4-11-19-22(20-12-5-2,21-13-6-3)14-7-9-17-10-8-16-15(17)18/h4-14H2,1-3H3,(H,16,18). The third-order valence-corrected chi connectivity index (χ3v) is 6.33. The van der Waals surface area contributed by atoms with Gasteiger partial charge in [0.25, 0.3) is 0 Å². The van der Waals surface area contributed by atoms with Crippen LogP contribution in [0.4, 0.5) is 4.79 Å². The molecule has 1 N–H and O–H groups in total. The Morgan fingerprint density at radius 3 is 2.00 bits per heavy atom. The minimum atomic E-state index is -2.61. The van der Waals surface area contributed by atoms with Gasteiger partial charge in [0.15, 0.2) is 0 Å². The molecular formula is C15H32N2O4Si. The van der Waals surface area contributed by atoms with E-state index in [0.717, 1.165) is 51.4 Å². The number of hydrogen-bond donors (Lipinski definition) is 1. The van der Waals surface area contributed by atoms with Crippen molar-refractivity contribution in [2.75, 3.05) is 39.5 Å². The summed E-state index contributed by atoms with van der Waals surface area (Å²) in [6, 6.07) is 0.808. The first-order chi connectivity index (χ1) is 10.7. The normalized spacial score (nSPS) is 15.4. The summed E-state index contributed by atoms with van der Waals surface area (Å²) in [4.78, 5) is 13.4. The smallest absolute Gasteiger partial charge is 0.373 e. The van der Waals surface area contributed by atoms with Gasteiger partial charge in [0.1, 0.15) is 0 Å². The van der Waals surface area contributed by atoms with E-state index < -0.39 is 8.80 Å². The number of amides is 2. The second kappa shape index (κ2) is 11.0. The minimum Gasteiger partial charge on any atom is -0.373 e. The molecule has 0 aromatic rings.